The summed E-state index contributed by atoms with van der Waals surface area (Å²) >= 11 is 0. The summed E-state index contributed by atoms with van der Waals surface area (Å²) in [5, 5.41) is 7.69. The van der Waals surface area contributed by atoms with Gasteiger partial charge in [-0.25, -0.2) is 4.68 Å². The van der Waals surface area contributed by atoms with Gasteiger partial charge in [0.15, 0.2) is 0 Å². The number of carbonyl (C=O) groups excluding carboxylic acids is 2. The molecule has 2 rings (SSSR count). The Morgan fingerprint density at radius 3 is 2.57 bits per heavy atom. The van der Waals surface area contributed by atoms with Gasteiger partial charge in [0.1, 0.15) is 5.82 Å². The van der Waals surface area contributed by atoms with Crippen LogP contribution in [0.15, 0.2) is 30.3 Å². The molecule has 164 valence electrons. The number of aromatic nitrogens is 2. The minimum Gasteiger partial charge on any atom is -0.383 e. The number of aryl methyl sites for hydroxylation is 1. The molecule has 0 unspecified atom stereocenters. The standard InChI is InChI=1S/C23H34N4O3/c1-7-9-22(29)26(12-13-30-6)16-21(28)24-20-15-19(23(3,4)5)25-27(20)18-11-8-10-17(2)14-18/h8,10-11,14-15H,7,9,12-13,16H2,1-6H3,(H,24,28). The van der Waals surface area contributed by atoms with Crippen LogP contribution in [0.3, 0.4) is 0 Å². The van der Waals surface area contributed by atoms with E-state index in [1.165, 1.54) is 0 Å². The third-order valence-electron chi connectivity index (χ3n) is 4.71. The predicted molar refractivity (Wildman–Crippen MR) is 119 cm³/mol. The second kappa shape index (κ2) is 10.4. The third kappa shape index (κ3) is 6.42. The highest BCUT2D eigenvalue weighted by Gasteiger charge is 2.23. The molecule has 2 aromatic rings. The van der Waals surface area contributed by atoms with Gasteiger partial charge in [-0.15, -0.1) is 0 Å². The lowest BCUT2D eigenvalue weighted by atomic mass is 9.92. The predicted octanol–water partition coefficient (Wildman–Crippen LogP) is 3.69. The minimum absolute atomic E-state index is 0.0218. The van der Waals surface area contributed by atoms with E-state index in [0.717, 1.165) is 23.4 Å². The van der Waals surface area contributed by atoms with E-state index >= 15 is 0 Å². The monoisotopic (exact) mass is 414 g/mol. The van der Waals surface area contributed by atoms with Gasteiger partial charge in [0.25, 0.3) is 0 Å². The topological polar surface area (TPSA) is 76.5 Å². The number of hydrogen-bond acceptors (Lipinski definition) is 4. The van der Waals surface area contributed by atoms with E-state index in [0.29, 0.717) is 25.4 Å². The fourth-order valence-electron chi connectivity index (χ4n) is 3.01. The number of amides is 2. The lowest BCUT2D eigenvalue weighted by molar-refractivity contribution is -0.135. The van der Waals surface area contributed by atoms with Crippen molar-refractivity contribution >= 4 is 17.6 Å². The van der Waals surface area contributed by atoms with Crippen LogP contribution in [-0.4, -0.2) is 53.3 Å². The number of hydrogen-bond donors (Lipinski definition) is 1. The molecule has 30 heavy (non-hydrogen) atoms. The molecule has 1 N–H and O–H groups in total. The van der Waals surface area contributed by atoms with Crippen molar-refractivity contribution < 1.29 is 14.3 Å². The van der Waals surface area contributed by atoms with Gasteiger partial charge >= 0.3 is 0 Å². The largest absolute Gasteiger partial charge is 0.383 e. The molecule has 0 bridgehead atoms. The van der Waals surface area contributed by atoms with Gasteiger partial charge in [0.05, 0.1) is 24.5 Å². The van der Waals surface area contributed by atoms with Gasteiger partial charge in [-0.3, -0.25) is 9.59 Å². The average Bonchev–Trinajstić information content (AvgIpc) is 3.09. The highest BCUT2D eigenvalue weighted by Crippen LogP contribution is 2.26. The van der Waals surface area contributed by atoms with E-state index in [9.17, 15) is 9.59 Å². The van der Waals surface area contributed by atoms with E-state index in [4.69, 9.17) is 9.84 Å². The normalized spacial score (nSPS) is 11.4. The van der Waals surface area contributed by atoms with Crippen LogP contribution in [0.25, 0.3) is 5.69 Å². The van der Waals surface area contributed by atoms with Crippen LogP contribution in [0, 0.1) is 6.92 Å². The maximum absolute atomic E-state index is 12.8. The Labute approximate surface area is 179 Å². The highest BCUT2D eigenvalue weighted by molar-refractivity contribution is 5.94. The smallest absolute Gasteiger partial charge is 0.245 e. The van der Waals surface area contributed by atoms with Crippen molar-refractivity contribution in [2.75, 3.05) is 32.1 Å². The van der Waals surface area contributed by atoms with Gasteiger partial charge < -0.3 is 15.0 Å². The van der Waals surface area contributed by atoms with E-state index in [2.05, 4.69) is 26.1 Å². The fraction of sp³-hybridized carbons (Fsp3) is 0.522. The fourth-order valence-corrected chi connectivity index (χ4v) is 3.01. The average molecular weight is 415 g/mol. The Morgan fingerprint density at radius 1 is 1.23 bits per heavy atom. The number of anilines is 1. The number of nitrogens with zero attached hydrogens (tertiary/aromatic N) is 3. The summed E-state index contributed by atoms with van der Waals surface area (Å²) in [7, 11) is 1.58. The molecule has 0 aliphatic carbocycles. The molecule has 1 aromatic heterocycles. The molecular weight excluding hydrogens is 380 g/mol. The number of methoxy groups -OCH3 is 1. The number of carbonyl (C=O) groups is 2. The molecule has 7 nitrogen and oxygen atoms in total. The van der Waals surface area contributed by atoms with Crippen molar-refractivity contribution in [3.63, 3.8) is 0 Å². The zero-order valence-corrected chi connectivity index (χ0v) is 19.0. The third-order valence-corrected chi connectivity index (χ3v) is 4.71. The van der Waals surface area contributed by atoms with Crippen LogP contribution in [0.4, 0.5) is 5.82 Å². The lowest BCUT2D eigenvalue weighted by Crippen LogP contribution is -2.40. The first-order valence-corrected chi connectivity index (χ1v) is 10.4. The van der Waals surface area contributed by atoms with Crippen LogP contribution in [0.5, 0.6) is 0 Å². The molecular formula is C23H34N4O3. The summed E-state index contributed by atoms with van der Waals surface area (Å²) in [5.74, 6) is 0.280. The van der Waals surface area contributed by atoms with E-state index in [1.807, 2.05) is 44.2 Å². The molecule has 7 heteroatoms. The molecule has 0 saturated heterocycles. The second-order valence-corrected chi connectivity index (χ2v) is 8.52. The summed E-state index contributed by atoms with van der Waals surface area (Å²) in [6, 6.07) is 9.85. The van der Waals surface area contributed by atoms with Gasteiger partial charge in [-0.2, -0.15) is 5.10 Å². The van der Waals surface area contributed by atoms with Crippen molar-refractivity contribution in [3.8, 4) is 5.69 Å². The molecule has 0 saturated carbocycles. The maximum atomic E-state index is 12.8. The van der Waals surface area contributed by atoms with Crippen LogP contribution in [0.2, 0.25) is 0 Å². The summed E-state index contributed by atoms with van der Waals surface area (Å²) in [4.78, 5) is 26.7. The number of benzene rings is 1. The SMILES string of the molecule is CCCC(=O)N(CCOC)CC(=O)Nc1cc(C(C)(C)C)nn1-c1cccc(C)c1. The second-order valence-electron chi connectivity index (χ2n) is 8.52. The quantitative estimate of drug-likeness (QED) is 0.679. The van der Waals surface area contributed by atoms with Gasteiger partial charge in [-0.1, -0.05) is 39.8 Å². The van der Waals surface area contributed by atoms with Crippen LogP contribution < -0.4 is 5.32 Å². The van der Waals surface area contributed by atoms with Crippen LogP contribution >= 0.6 is 0 Å². The van der Waals surface area contributed by atoms with Gasteiger partial charge in [0, 0.05) is 31.6 Å². The molecule has 0 aliphatic rings. The molecule has 1 aromatic carbocycles. The van der Waals surface area contributed by atoms with E-state index < -0.39 is 0 Å². The van der Waals surface area contributed by atoms with E-state index in [-0.39, 0.29) is 23.8 Å². The number of nitrogens with one attached hydrogen (secondary N) is 1. The van der Waals surface area contributed by atoms with Crippen molar-refractivity contribution in [1.82, 2.24) is 14.7 Å². The molecule has 0 radical (unpaired) electrons. The first kappa shape index (κ1) is 23.6. The minimum atomic E-state index is -0.259. The zero-order valence-electron chi connectivity index (χ0n) is 19.0. The summed E-state index contributed by atoms with van der Waals surface area (Å²) in [5.41, 5.74) is 2.68. The Kier molecular flexibility index (Phi) is 8.17. The highest BCUT2D eigenvalue weighted by atomic mass is 16.5. The van der Waals surface area contributed by atoms with Gasteiger partial charge in [-0.05, 0) is 31.0 Å². The summed E-state index contributed by atoms with van der Waals surface area (Å²) in [6.07, 6.45) is 1.14. The lowest BCUT2D eigenvalue weighted by Gasteiger charge is -2.21. The molecule has 0 atom stereocenters. The molecule has 2 amide bonds. The van der Waals surface area contributed by atoms with Crippen molar-refractivity contribution in [2.24, 2.45) is 0 Å². The number of ether oxygens (including phenoxy) is 1. The zero-order chi connectivity index (χ0) is 22.3. The Bertz CT molecular complexity index is 868. The van der Waals surface area contributed by atoms with Crippen molar-refractivity contribution in [1.29, 1.82) is 0 Å². The molecule has 0 spiro atoms. The summed E-state index contributed by atoms with van der Waals surface area (Å²) < 4.78 is 6.84. The summed E-state index contributed by atoms with van der Waals surface area (Å²) in [6.45, 7) is 11.0. The Hall–Kier alpha value is -2.67. The molecule has 0 fully saturated rings. The Balaban J connectivity index is 2.28. The van der Waals surface area contributed by atoms with Crippen molar-refractivity contribution in [3.05, 3.63) is 41.6 Å². The number of rotatable bonds is 9. The van der Waals surface area contributed by atoms with Gasteiger partial charge in [0.2, 0.25) is 11.8 Å². The molecule has 1 heterocycles. The van der Waals surface area contributed by atoms with Crippen LogP contribution in [0.1, 0.15) is 51.8 Å². The van der Waals surface area contributed by atoms with E-state index in [1.54, 1.807) is 16.7 Å². The van der Waals surface area contributed by atoms with Crippen LogP contribution in [-0.2, 0) is 19.7 Å². The maximum Gasteiger partial charge on any atom is 0.245 e. The Morgan fingerprint density at radius 2 is 1.97 bits per heavy atom. The van der Waals surface area contributed by atoms with Crippen molar-refractivity contribution in [2.45, 2.75) is 52.9 Å². The molecule has 0 aliphatic heterocycles. The first-order valence-electron chi connectivity index (χ1n) is 10.4. The first-order chi connectivity index (χ1) is 14.2.